The number of hydrogen-bond acceptors (Lipinski definition) is 4. The number of carbonyl (C=O) groups excluding carboxylic acids is 1. The van der Waals surface area contributed by atoms with Gasteiger partial charge in [0.2, 0.25) is 5.91 Å². The van der Waals surface area contributed by atoms with E-state index in [1.165, 1.54) is 35.0 Å². The SMILES string of the molecule is C[C@H](NC(=O)Cn1cnc(C#N)n1)c1ccc2c(c1)CCCC2. The van der Waals surface area contributed by atoms with Crippen molar-refractivity contribution in [2.45, 2.75) is 45.2 Å². The number of aryl methyl sites for hydroxylation is 2. The molecule has 0 radical (unpaired) electrons. The van der Waals surface area contributed by atoms with Crippen LogP contribution in [0, 0.1) is 11.3 Å². The van der Waals surface area contributed by atoms with Gasteiger partial charge in [0, 0.05) is 0 Å². The highest BCUT2D eigenvalue weighted by atomic mass is 16.2. The first kappa shape index (κ1) is 15.2. The van der Waals surface area contributed by atoms with E-state index in [0.29, 0.717) is 0 Å². The van der Waals surface area contributed by atoms with Crippen LogP contribution in [0.5, 0.6) is 0 Å². The molecule has 1 atom stereocenters. The number of rotatable bonds is 4. The highest BCUT2D eigenvalue weighted by Gasteiger charge is 2.14. The van der Waals surface area contributed by atoms with E-state index >= 15 is 0 Å². The fraction of sp³-hybridized carbons (Fsp3) is 0.412. The molecule has 1 aliphatic rings. The molecular weight excluding hydrogens is 290 g/mol. The molecule has 0 unspecified atom stereocenters. The molecule has 0 saturated carbocycles. The molecule has 3 rings (SSSR count). The lowest BCUT2D eigenvalue weighted by atomic mass is 9.89. The fourth-order valence-corrected chi connectivity index (χ4v) is 2.96. The Labute approximate surface area is 135 Å². The van der Waals surface area contributed by atoms with Gasteiger partial charge in [-0.2, -0.15) is 5.26 Å². The zero-order valence-electron chi connectivity index (χ0n) is 13.1. The van der Waals surface area contributed by atoms with Gasteiger partial charge >= 0.3 is 0 Å². The van der Waals surface area contributed by atoms with Crippen LogP contribution in [-0.4, -0.2) is 20.7 Å². The predicted octanol–water partition coefficient (Wildman–Crippen LogP) is 1.91. The first-order chi connectivity index (χ1) is 11.2. The second kappa shape index (κ2) is 6.61. The van der Waals surface area contributed by atoms with E-state index in [-0.39, 0.29) is 24.3 Å². The van der Waals surface area contributed by atoms with Crippen molar-refractivity contribution >= 4 is 5.91 Å². The Morgan fingerprint density at radius 2 is 2.17 bits per heavy atom. The third-order valence-corrected chi connectivity index (χ3v) is 4.19. The lowest BCUT2D eigenvalue weighted by Crippen LogP contribution is -2.30. The summed E-state index contributed by atoms with van der Waals surface area (Å²) in [6.07, 6.45) is 6.18. The Morgan fingerprint density at radius 1 is 1.39 bits per heavy atom. The number of fused-ring (bicyclic) bond motifs is 1. The number of aromatic nitrogens is 3. The van der Waals surface area contributed by atoms with E-state index in [1.54, 1.807) is 0 Å². The van der Waals surface area contributed by atoms with Gasteiger partial charge in [0.15, 0.2) is 0 Å². The summed E-state index contributed by atoms with van der Waals surface area (Å²) in [6.45, 7) is 2.04. The third kappa shape index (κ3) is 3.57. The maximum absolute atomic E-state index is 12.1. The summed E-state index contributed by atoms with van der Waals surface area (Å²) < 4.78 is 1.37. The Morgan fingerprint density at radius 3 is 2.91 bits per heavy atom. The highest BCUT2D eigenvalue weighted by molar-refractivity contribution is 5.76. The second-order valence-corrected chi connectivity index (χ2v) is 5.90. The summed E-state index contributed by atoms with van der Waals surface area (Å²) >= 11 is 0. The minimum Gasteiger partial charge on any atom is -0.348 e. The first-order valence-electron chi connectivity index (χ1n) is 7.86. The third-order valence-electron chi connectivity index (χ3n) is 4.19. The minimum absolute atomic E-state index is 0.0595. The lowest BCUT2D eigenvalue weighted by Gasteiger charge is -2.20. The van der Waals surface area contributed by atoms with Crippen molar-refractivity contribution in [3.63, 3.8) is 0 Å². The van der Waals surface area contributed by atoms with Crippen molar-refractivity contribution in [1.82, 2.24) is 20.1 Å². The van der Waals surface area contributed by atoms with Gasteiger partial charge < -0.3 is 5.32 Å². The highest BCUT2D eigenvalue weighted by Crippen LogP contribution is 2.24. The van der Waals surface area contributed by atoms with Crippen LogP contribution in [0.25, 0.3) is 0 Å². The average molecular weight is 309 g/mol. The van der Waals surface area contributed by atoms with Gasteiger partial charge in [0.25, 0.3) is 5.82 Å². The molecule has 1 aromatic heterocycles. The molecule has 0 spiro atoms. The van der Waals surface area contributed by atoms with Crippen molar-refractivity contribution in [2.24, 2.45) is 0 Å². The van der Waals surface area contributed by atoms with Crippen LogP contribution in [-0.2, 0) is 24.2 Å². The number of nitriles is 1. The summed E-state index contributed by atoms with van der Waals surface area (Å²) in [7, 11) is 0. The van der Waals surface area contributed by atoms with E-state index < -0.39 is 0 Å². The number of nitrogens with one attached hydrogen (secondary N) is 1. The van der Waals surface area contributed by atoms with Crippen LogP contribution >= 0.6 is 0 Å². The zero-order valence-corrected chi connectivity index (χ0v) is 13.1. The van der Waals surface area contributed by atoms with Gasteiger partial charge in [-0.05, 0) is 49.3 Å². The fourth-order valence-electron chi connectivity index (χ4n) is 2.96. The summed E-state index contributed by atoms with van der Waals surface area (Å²) in [6, 6.07) is 8.27. The van der Waals surface area contributed by atoms with Crippen LogP contribution in [0.4, 0.5) is 0 Å². The van der Waals surface area contributed by atoms with E-state index in [0.717, 1.165) is 18.4 Å². The first-order valence-corrected chi connectivity index (χ1v) is 7.86. The van der Waals surface area contributed by atoms with Crippen LogP contribution in [0.3, 0.4) is 0 Å². The monoisotopic (exact) mass is 309 g/mol. The van der Waals surface area contributed by atoms with Gasteiger partial charge in [-0.3, -0.25) is 4.79 Å². The van der Waals surface area contributed by atoms with Gasteiger partial charge in [-0.25, -0.2) is 9.67 Å². The van der Waals surface area contributed by atoms with Crippen molar-refractivity contribution < 1.29 is 4.79 Å². The van der Waals surface area contributed by atoms with Crippen molar-refractivity contribution in [3.05, 3.63) is 47.0 Å². The van der Waals surface area contributed by atoms with Crippen LogP contribution in [0.1, 0.15) is 48.3 Å². The number of amides is 1. The molecule has 118 valence electrons. The van der Waals surface area contributed by atoms with E-state index in [9.17, 15) is 4.79 Å². The minimum atomic E-state index is -0.149. The van der Waals surface area contributed by atoms with Crippen molar-refractivity contribution in [2.75, 3.05) is 0 Å². The molecule has 1 amide bonds. The Kier molecular flexibility index (Phi) is 4.38. The van der Waals surface area contributed by atoms with E-state index in [4.69, 9.17) is 5.26 Å². The molecule has 6 nitrogen and oxygen atoms in total. The molecule has 0 bridgehead atoms. The van der Waals surface area contributed by atoms with E-state index in [2.05, 4.69) is 33.6 Å². The molecule has 0 aliphatic heterocycles. The van der Waals surface area contributed by atoms with Crippen LogP contribution < -0.4 is 5.32 Å². The smallest absolute Gasteiger partial charge is 0.252 e. The standard InChI is InChI=1S/C17H19N5O/c1-12(14-7-6-13-4-2-3-5-15(13)8-14)20-17(23)10-22-11-19-16(9-18)21-22/h6-8,11-12H,2-5,10H2,1H3,(H,20,23)/t12-/m0/s1. The normalized spacial score (nSPS) is 14.6. The number of carbonyl (C=O) groups is 1. The van der Waals surface area contributed by atoms with Gasteiger partial charge in [-0.15, -0.1) is 5.10 Å². The van der Waals surface area contributed by atoms with Gasteiger partial charge in [0.1, 0.15) is 18.9 Å². The molecule has 6 heteroatoms. The molecule has 1 aliphatic carbocycles. The quantitative estimate of drug-likeness (QED) is 0.935. The molecule has 1 heterocycles. The van der Waals surface area contributed by atoms with Gasteiger partial charge in [0.05, 0.1) is 6.04 Å². The Hall–Kier alpha value is -2.68. The number of hydrogen-bond donors (Lipinski definition) is 1. The summed E-state index contributed by atoms with van der Waals surface area (Å²) in [5.74, 6) is -0.0786. The largest absolute Gasteiger partial charge is 0.348 e. The molecule has 0 saturated heterocycles. The molecular formula is C17H19N5O. The van der Waals surface area contributed by atoms with Crippen LogP contribution in [0.2, 0.25) is 0 Å². The van der Waals surface area contributed by atoms with Crippen molar-refractivity contribution in [1.29, 1.82) is 5.26 Å². The Bertz CT molecular complexity index is 759. The summed E-state index contributed by atoms with van der Waals surface area (Å²) in [5, 5.41) is 15.5. The molecule has 23 heavy (non-hydrogen) atoms. The maximum atomic E-state index is 12.1. The Balaban J connectivity index is 1.63. The summed E-state index contributed by atoms with van der Waals surface area (Å²) in [4.78, 5) is 15.9. The van der Waals surface area contributed by atoms with E-state index in [1.807, 2.05) is 13.0 Å². The molecule has 2 aromatic rings. The average Bonchev–Trinajstić information content (AvgIpc) is 3.01. The second-order valence-electron chi connectivity index (χ2n) is 5.90. The molecule has 0 fully saturated rings. The maximum Gasteiger partial charge on any atom is 0.252 e. The lowest BCUT2D eigenvalue weighted by molar-refractivity contribution is -0.122. The predicted molar refractivity (Wildman–Crippen MR) is 84.4 cm³/mol. The van der Waals surface area contributed by atoms with Gasteiger partial charge in [-0.1, -0.05) is 18.2 Å². The zero-order chi connectivity index (χ0) is 16.2. The number of nitrogens with zero attached hydrogens (tertiary/aromatic N) is 4. The topological polar surface area (TPSA) is 83.6 Å². The van der Waals surface area contributed by atoms with Crippen LogP contribution in [0.15, 0.2) is 24.5 Å². The molecule has 1 aromatic carbocycles. The number of benzene rings is 1. The summed E-state index contributed by atoms with van der Waals surface area (Å²) in [5.41, 5.74) is 3.96. The van der Waals surface area contributed by atoms with Crippen molar-refractivity contribution in [3.8, 4) is 6.07 Å². The molecule has 1 N–H and O–H groups in total.